The number of hydrazine groups is 1. The van der Waals surface area contributed by atoms with E-state index >= 15 is 0 Å². The molecule has 5 heteroatoms. The minimum absolute atomic E-state index is 0.175. The third kappa shape index (κ3) is 3.43. The van der Waals surface area contributed by atoms with Crippen LogP contribution in [0.15, 0.2) is 6.07 Å². The van der Waals surface area contributed by atoms with Gasteiger partial charge in [-0.2, -0.15) is 0 Å². The van der Waals surface area contributed by atoms with E-state index in [1.54, 1.807) is 7.11 Å². The Kier molecular flexibility index (Phi) is 5.14. The molecule has 1 heterocycles. The van der Waals surface area contributed by atoms with Gasteiger partial charge in [0.1, 0.15) is 11.6 Å². The summed E-state index contributed by atoms with van der Waals surface area (Å²) in [6.07, 6.45) is 1.99. The Hall–Kier alpha value is -1.20. The molecule has 1 atom stereocenters. The lowest BCUT2D eigenvalue weighted by molar-refractivity contribution is 0.181. The summed E-state index contributed by atoms with van der Waals surface area (Å²) in [4.78, 5) is 8.83. The van der Waals surface area contributed by atoms with E-state index in [0.717, 1.165) is 24.4 Å². The second-order valence-electron chi connectivity index (χ2n) is 3.85. The number of nitrogens with one attached hydrogen (secondary N) is 1. The zero-order chi connectivity index (χ0) is 12.0. The molecule has 1 rings (SSSR count). The number of hydrogen-bond acceptors (Lipinski definition) is 5. The molecule has 0 saturated carbocycles. The number of ether oxygens (including phenoxy) is 1. The van der Waals surface area contributed by atoms with E-state index in [1.165, 1.54) is 0 Å². The number of anilines is 1. The SMILES string of the molecule is CCCc1cc(NN)nc(C(C)COC)n1. The molecule has 0 fully saturated rings. The highest BCUT2D eigenvalue weighted by molar-refractivity contribution is 5.35. The molecular formula is C11H20N4O. The normalized spacial score (nSPS) is 12.5. The molecule has 0 spiro atoms. The zero-order valence-corrected chi connectivity index (χ0v) is 10.2. The fourth-order valence-electron chi connectivity index (χ4n) is 1.52. The number of nitrogens with two attached hydrogens (primary N) is 1. The number of aromatic nitrogens is 2. The Morgan fingerprint density at radius 3 is 2.81 bits per heavy atom. The minimum Gasteiger partial charge on any atom is -0.384 e. The van der Waals surface area contributed by atoms with Crippen molar-refractivity contribution in [2.45, 2.75) is 32.6 Å². The van der Waals surface area contributed by atoms with Crippen molar-refractivity contribution in [1.29, 1.82) is 0 Å². The van der Waals surface area contributed by atoms with Gasteiger partial charge in [-0.15, -0.1) is 0 Å². The van der Waals surface area contributed by atoms with Crippen molar-refractivity contribution < 1.29 is 4.74 Å². The van der Waals surface area contributed by atoms with Crippen molar-refractivity contribution >= 4 is 5.82 Å². The Bertz CT molecular complexity index is 330. The van der Waals surface area contributed by atoms with E-state index < -0.39 is 0 Å². The average Bonchev–Trinajstić information content (AvgIpc) is 2.29. The van der Waals surface area contributed by atoms with Crippen molar-refractivity contribution in [3.63, 3.8) is 0 Å². The highest BCUT2D eigenvalue weighted by Crippen LogP contribution is 2.15. The van der Waals surface area contributed by atoms with Gasteiger partial charge < -0.3 is 10.2 Å². The molecule has 16 heavy (non-hydrogen) atoms. The molecule has 0 amide bonds. The third-order valence-corrected chi connectivity index (χ3v) is 2.31. The van der Waals surface area contributed by atoms with Crippen LogP contribution in [0.4, 0.5) is 5.82 Å². The predicted octanol–water partition coefficient (Wildman–Crippen LogP) is 1.46. The average molecular weight is 224 g/mol. The molecule has 0 saturated heterocycles. The predicted molar refractivity (Wildman–Crippen MR) is 64.1 cm³/mol. The van der Waals surface area contributed by atoms with Gasteiger partial charge in [0.05, 0.1) is 6.61 Å². The van der Waals surface area contributed by atoms with Crippen LogP contribution in [0.3, 0.4) is 0 Å². The number of rotatable bonds is 6. The molecule has 3 N–H and O–H groups in total. The van der Waals surface area contributed by atoms with Crippen molar-refractivity contribution in [2.75, 3.05) is 19.1 Å². The summed E-state index contributed by atoms with van der Waals surface area (Å²) < 4.78 is 5.10. The lowest BCUT2D eigenvalue weighted by Crippen LogP contribution is -2.14. The maximum absolute atomic E-state index is 5.39. The lowest BCUT2D eigenvalue weighted by Gasteiger charge is -2.12. The number of methoxy groups -OCH3 is 1. The maximum atomic E-state index is 5.39. The molecule has 0 aromatic carbocycles. The van der Waals surface area contributed by atoms with Gasteiger partial charge >= 0.3 is 0 Å². The largest absolute Gasteiger partial charge is 0.384 e. The van der Waals surface area contributed by atoms with Crippen molar-refractivity contribution in [3.8, 4) is 0 Å². The number of nitrogen functional groups attached to an aromatic ring is 1. The number of nitrogens with zero attached hydrogens (tertiary/aromatic N) is 2. The fraction of sp³-hybridized carbons (Fsp3) is 0.636. The molecule has 1 aromatic rings. The summed E-state index contributed by atoms with van der Waals surface area (Å²) in [6.45, 7) is 4.77. The fourth-order valence-corrected chi connectivity index (χ4v) is 1.52. The first-order chi connectivity index (χ1) is 7.71. The van der Waals surface area contributed by atoms with Crippen LogP contribution in [0.25, 0.3) is 0 Å². The van der Waals surface area contributed by atoms with E-state index in [1.807, 2.05) is 13.0 Å². The Morgan fingerprint density at radius 1 is 1.50 bits per heavy atom. The molecule has 90 valence electrons. The molecule has 1 unspecified atom stereocenters. The van der Waals surface area contributed by atoms with Crippen LogP contribution >= 0.6 is 0 Å². The van der Waals surface area contributed by atoms with E-state index in [4.69, 9.17) is 10.6 Å². The zero-order valence-electron chi connectivity index (χ0n) is 10.2. The maximum Gasteiger partial charge on any atom is 0.143 e. The van der Waals surface area contributed by atoms with E-state index in [9.17, 15) is 0 Å². The number of hydrogen-bond donors (Lipinski definition) is 2. The van der Waals surface area contributed by atoms with Gasteiger partial charge in [0.2, 0.25) is 0 Å². The smallest absolute Gasteiger partial charge is 0.143 e. The van der Waals surface area contributed by atoms with Gasteiger partial charge in [0.15, 0.2) is 0 Å². The summed E-state index contributed by atoms with van der Waals surface area (Å²) in [5, 5.41) is 0. The quantitative estimate of drug-likeness (QED) is 0.565. The summed E-state index contributed by atoms with van der Waals surface area (Å²) in [5.74, 6) is 7.00. The van der Waals surface area contributed by atoms with Crippen molar-refractivity contribution in [1.82, 2.24) is 9.97 Å². The van der Waals surface area contributed by atoms with Crippen LogP contribution in [0.2, 0.25) is 0 Å². The van der Waals surface area contributed by atoms with Crippen molar-refractivity contribution in [2.24, 2.45) is 5.84 Å². The van der Waals surface area contributed by atoms with Crippen LogP contribution in [0.5, 0.6) is 0 Å². The molecule has 0 aliphatic rings. The topological polar surface area (TPSA) is 73.1 Å². The van der Waals surface area contributed by atoms with E-state index in [-0.39, 0.29) is 5.92 Å². The molecule has 0 radical (unpaired) electrons. The highest BCUT2D eigenvalue weighted by atomic mass is 16.5. The third-order valence-electron chi connectivity index (χ3n) is 2.31. The summed E-state index contributed by atoms with van der Waals surface area (Å²) in [7, 11) is 1.68. The van der Waals surface area contributed by atoms with Gasteiger partial charge in [0.25, 0.3) is 0 Å². The van der Waals surface area contributed by atoms with E-state index in [0.29, 0.717) is 12.4 Å². The second-order valence-corrected chi connectivity index (χ2v) is 3.85. The Labute approximate surface area is 96.4 Å². The Morgan fingerprint density at radius 2 is 2.25 bits per heavy atom. The van der Waals surface area contributed by atoms with E-state index in [2.05, 4.69) is 22.3 Å². The molecule has 5 nitrogen and oxygen atoms in total. The van der Waals surface area contributed by atoms with Crippen LogP contribution in [-0.4, -0.2) is 23.7 Å². The van der Waals surface area contributed by atoms with Crippen LogP contribution in [-0.2, 0) is 11.2 Å². The van der Waals surface area contributed by atoms with Crippen LogP contribution in [0.1, 0.15) is 37.7 Å². The first kappa shape index (κ1) is 12.9. The Balaban J connectivity index is 2.93. The molecule has 1 aromatic heterocycles. The first-order valence-electron chi connectivity index (χ1n) is 5.54. The van der Waals surface area contributed by atoms with Gasteiger partial charge in [0, 0.05) is 24.8 Å². The van der Waals surface area contributed by atoms with Gasteiger partial charge in [-0.1, -0.05) is 20.3 Å². The lowest BCUT2D eigenvalue weighted by atomic mass is 10.1. The summed E-state index contributed by atoms with van der Waals surface area (Å²) in [6, 6.07) is 1.88. The minimum atomic E-state index is 0.175. The summed E-state index contributed by atoms with van der Waals surface area (Å²) >= 11 is 0. The second kappa shape index (κ2) is 6.40. The molecule has 0 bridgehead atoms. The van der Waals surface area contributed by atoms with Crippen LogP contribution < -0.4 is 11.3 Å². The molecule has 0 aliphatic carbocycles. The first-order valence-corrected chi connectivity index (χ1v) is 5.54. The van der Waals surface area contributed by atoms with Gasteiger partial charge in [-0.25, -0.2) is 15.8 Å². The van der Waals surface area contributed by atoms with Gasteiger partial charge in [-0.3, -0.25) is 0 Å². The van der Waals surface area contributed by atoms with Gasteiger partial charge in [-0.05, 0) is 6.42 Å². The standard InChI is InChI=1S/C11H20N4O/c1-4-5-9-6-10(15-12)14-11(13-9)8(2)7-16-3/h6,8H,4-5,7,12H2,1-3H3,(H,13,14,15). The monoisotopic (exact) mass is 224 g/mol. The van der Waals surface area contributed by atoms with Crippen molar-refractivity contribution in [3.05, 3.63) is 17.6 Å². The summed E-state index contributed by atoms with van der Waals surface area (Å²) in [5.41, 5.74) is 3.59. The number of aryl methyl sites for hydroxylation is 1. The highest BCUT2D eigenvalue weighted by Gasteiger charge is 2.11. The molecular weight excluding hydrogens is 204 g/mol. The van der Waals surface area contributed by atoms with Crippen LogP contribution in [0, 0.1) is 0 Å². The molecule has 0 aliphatic heterocycles.